The summed E-state index contributed by atoms with van der Waals surface area (Å²) in [6.07, 6.45) is 3.90. The number of likely N-dealkylation sites (N-methyl/N-ethyl adjacent to an activating group) is 1. The number of pyridine rings is 1. The molecule has 0 bridgehead atoms. The molecule has 0 aliphatic heterocycles. The molecular formula is C17H16ClN3O. The smallest absolute Gasteiger partial charge is 0.233 e. The highest BCUT2D eigenvalue weighted by atomic mass is 35.5. The molecule has 0 fully saturated rings. The zero-order chi connectivity index (χ0) is 15.5. The molecule has 22 heavy (non-hydrogen) atoms. The van der Waals surface area contributed by atoms with Gasteiger partial charge >= 0.3 is 0 Å². The summed E-state index contributed by atoms with van der Waals surface area (Å²) in [4.78, 5) is 18.8. The Kier molecular flexibility index (Phi) is 4.11. The van der Waals surface area contributed by atoms with Gasteiger partial charge in [-0.1, -0.05) is 29.8 Å². The second kappa shape index (κ2) is 6.20. The van der Waals surface area contributed by atoms with Crippen molar-refractivity contribution in [1.29, 1.82) is 0 Å². The van der Waals surface area contributed by atoms with Gasteiger partial charge in [0.2, 0.25) is 5.91 Å². The molecule has 3 aromatic rings. The summed E-state index contributed by atoms with van der Waals surface area (Å²) in [5.41, 5.74) is 2.43. The molecule has 0 radical (unpaired) electrons. The first-order valence-electron chi connectivity index (χ1n) is 7.16. The van der Waals surface area contributed by atoms with Crippen molar-refractivity contribution in [2.75, 3.05) is 11.4 Å². The number of amides is 1. The minimum atomic E-state index is 0.0307. The molecule has 0 N–H and O–H groups in total. The first-order chi connectivity index (χ1) is 10.7. The van der Waals surface area contributed by atoms with Gasteiger partial charge in [0.25, 0.3) is 0 Å². The van der Waals surface area contributed by atoms with Crippen molar-refractivity contribution in [2.24, 2.45) is 0 Å². The summed E-state index contributed by atoms with van der Waals surface area (Å²) in [5, 5.41) is 0.641. The molecular weight excluding hydrogens is 298 g/mol. The van der Waals surface area contributed by atoms with Gasteiger partial charge in [-0.3, -0.25) is 4.79 Å². The van der Waals surface area contributed by atoms with Gasteiger partial charge < -0.3 is 9.30 Å². The van der Waals surface area contributed by atoms with Crippen LogP contribution in [0.2, 0.25) is 5.02 Å². The van der Waals surface area contributed by atoms with Crippen LogP contribution in [0.25, 0.3) is 5.65 Å². The fraction of sp³-hybridized carbons (Fsp3) is 0.176. The molecule has 112 valence electrons. The number of imidazole rings is 1. The molecule has 0 unspecified atom stereocenters. The van der Waals surface area contributed by atoms with Crippen LogP contribution >= 0.6 is 11.6 Å². The second-order valence-electron chi connectivity index (χ2n) is 5.00. The van der Waals surface area contributed by atoms with E-state index in [1.807, 2.05) is 53.9 Å². The number of anilines is 1. The summed E-state index contributed by atoms with van der Waals surface area (Å²) < 4.78 is 1.84. The average molecular weight is 314 g/mol. The molecule has 5 heteroatoms. The Morgan fingerprint density at radius 1 is 1.18 bits per heavy atom. The van der Waals surface area contributed by atoms with E-state index in [0.717, 1.165) is 17.0 Å². The molecule has 0 saturated carbocycles. The minimum absolute atomic E-state index is 0.0307. The lowest BCUT2D eigenvalue weighted by Crippen LogP contribution is -2.32. The third kappa shape index (κ3) is 2.97. The van der Waals surface area contributed by atoms with Gasteiger partial charge in [-0.15, -0.1) is 0 Å². The number of carbonyl (C=O) groups excluding carboxylic acids is 1. The number of hydrogen-bond donors (Lipinski definition) is 0. The predicted octanol–water partition coefficient (Wildman–Crippen LogP) is 3.58. The summed E-state index contributed by atoms with van der Waals surface area (Å²) in [5.74, 6) is 0.0307. The largest absolute Gasteiger partial charge is 0.312 e. The Morgan fingerprint density at radius 2 is 1.95 bits per heavy atom. The van der Waals surface area contributed by atoms with Gasteiger partial charge in [0.15, 0.2) is 0 Å². The van der Waals surface area contributed by atoms with E-state index >= 15 is 0 Å². The van der Waals surface area contributed by atoms with E-state index in [1.165, 1.54) is 0 Å². The Labute approximate surface area is 134 Å². The summed E-state index contributed by atoms with van der Waals surface area (Å²) in [7, 11) is 0. The van der Waals surface area contributed by atoms with Crippen molar-refractivity contribution in [3.05, 3.63) is 65.6 Å². The number of para-hydroxylation sites is 1. The molecule has 1 amide bonds. The van der Waals surface area contributed by atoms with Crippen molar-refractivity contribution in [1.82, 2.24) is 9.38 Å². The Balaban J connectivity index is 1.82. The lowest BCUT2D eigenvalue weighted by Gasteiger charge is -2.20. The van der Waals surface area contributed by atoms with Crippen LogP contribution in [0.15, 0.2) is 54.9 Å². The molecule has 2 heterocycles. The highest BCUT2D eigenvalue weighted by Gasteiger charge is 2.15. The van der Waals surface area contributed by atoms with Gasteiger partial charge in [0, 0.05) is 24.6 Å². The number of carbonyl (C=O) groups is 1. The monoisotopic (exact) mass is 313 g/mol. The van der Waals surface area contributed by atoms with Crippen LogP contribution in [0.5, 0.6) is 0 Å². The van der Waals surface area contributed by atoms with Crippen molar-refractivity contribution in [3.63, 3.8) is 0 Å². The fourth-order valence-electron chi connectivity index (χ4n) is 2.46. The zero-order valence-corrected chi connectivity index (χ0v) is 13.0. The Morgan fingerprint density at radius 3 is 2.68 bits per heavy atom. The van der Waals surface area contributed by atoms with E-state index in [2.05, 4.69) is 4.98 Å². The van der Waals surface area contributed by atoms with Crippen LogP contribution in [-0.4, -0.2) is 21.8 Å². The maximum atomic E-state index is 12.5. The Bertz CT molecular complexity index is 798. The summed E-state index contributed by atoms with van der Waals surface area (Å²) in [6, 6.07) is 13.3. The standard InChI is InChI=1S/C17H16ClN3O/c1-2-21(15-6-4-3-5-7-15)17(22)10-14-12-20-11-13(18)8-9-16(20)19-14/h3-9,11-12H,2,10H2,1H3. The quantitative estimate of drug-likeness (QED) is 0.738. The number of fused-ring (bicyclic) bond motifs is 1. The third-order valence-corrected chi connectivity index (χ3v) is 3.71. The van der Waals surface area contributed by atoms with E-state index < -0.39 is 0 Å². The lowest BCUT2D eigenvalue weighted by atomic mass is 10.2. The number of benzene rings is 1. The first-order valence-corrected chi connectivity index (χ1v) is 7.53. The van der Waals surface area contributed by atoms with Crippen molar-refractivity contribution in [2.45, 2.75) is 13.3 Å². The molecule has 1 aromatic carbocycles. The molecule has 0 atom stereocenters. The summed E-state index contributed by atoms with van der Waals surface area (Å²) in [6.45, 7) is 2.59. The van der Waals surface area contributed by atoms with Gasteiger partial charge in [0.05, 0.1) is 17.1 Å². The normalized spacial score (nSPS) is 10.8. The molecule has 0 aliphatic rings. The fourth-order valence-corrected chi connectivity index (χ4v) is 2.63. The first kappa shape index (κ1) is 14.6. The number of aromatic nitrogens is 2. The molecule has 2 aromatic heterocycles. The third-order valence-electron chi connectivity index (χ3n) is 3.48. The van der Waals surface area contributed by atoms with E-state index in [0.29, 0.717) is 11.6 Å². The maximum absolute atomic E-state index is 12.5. The van der Waals surface area contributed by atoms with Crippen molar-refractivity contribution >= 4 is 28.8 Å². The van der Waals surface area contributed by atoms with Crippen molar-refractivity contribution < 1.29 is 4.79 Å². The van der Waals surface area contributed by atoms with E-state index in [4.69, 9.17) is 11.6 Å². The van der Waals surface area contributed by atoms with Gasteiger partial charge in [-0.25, -0.2) is 4.98 Å². The zero-order valence-electron chi connectivity index (χ0n) is 12.2. The van der Waals surface area contributed by atoms with Crippen LogP contribution in [0, 0.1) is 0 Å². The predicted molar refractivity (Wildman–Crippen MR) is 88.4 cm³/mol. The molecule has 0 spiro atoms. The molecule has 3 rings (SSSR count). The molecule has 4 nitrogen and oxygen atoms in total. The van der Waals surface area contributed by atoms with Crippen LogP contribution in [-0.2, 0) is 11.2 Å². The highest BCUT2D eigenvalue weighted by molar-refractivity contribution is 6.30. The molecule has 0 saturated heterocycles. The summed E-state index contributed by atoms with van der Waals surface area (Å²) >= 11 is 5.96. The maximum Gasteiger partial charge on any atom is 0.233 e. The van der Waals surface area contributed by atoms with Crippen LogP contribution in [0.3, 0.4) is 0 Å². The topological polar surface area (TPSA) is 37.6 Å². The van der Waals surface area contributed by atoms with E-state index in [1.54, 1.807) is 17.2 Å². The number of rotatable bonds is 4. The average Bonchev–Trinajstić information content (AvgIpc) is 2.90. The van der Waals surface area contributed by atoms with Crippen LogP contribution in [0.4, 0.5) is 5.69 Å². The number of nitrogens with zero attached hydrogens (tertiary/aromatic N) is 3. The van der Waals surface area contributed by atoms with Crippen LogP contribution in [0.1, 0.15) is 12.6 Å². The highest BCUT2D eigenvalue weighted by Crippen LogP contribution is 2.16. The van der Waals surface area contributed by atoms with Crippen LogP contribution < -0.4 is 4.90 Å². The van der Waals surface area contributed by atoms with E-state index in [9.17, 15) is 4.79 Å². The van der Waals surface area contributed by atoms with E-state index in [-0.39, 0.29) is 12.3 Å². The van der Waals surface area contributed by atoms with Gasteiger partial charge in [-0.2, -0.15) is 0 Å². The molecule has 0 aliphatic carbocycles. The van der Waals surface area contributed by atoms with Gasteiger partial charge in [0.1, 0.15) is 5.65 Å². The number of hydrogen-bond acceptors (Lipinski definition) is 2. The lowest BCUT2D eigenvalue weighted by molar-refractivity contribution is -0.118. The van der Waals surface area contributed by atoms with Crippen molar-refractivity contribution in [3.8, 4) is 0 Å². The Hall–Kier alpha value is -2.33. The SMILES string of the molecule is CCN(C(=O)Cc1cn2cc(Cl)ccc2n1)c1ccccc1. The van der Waals surface area contributed by atoms with Gasteiger partial charge in [-0.05, 0) is 31.2 Å². The second-order valence-corrected chi connectivity index (χ2v) is 5.43. The number of halogens is 1. The minimum Gasteiger partial charge on any atom is -0.312 e.